The number of pyridine rings is 1. The van der Waals surface area contributed by atoms with E-state index < -0.39 is 0 Å². The molecule has 1 aliphatic heterocycles. The first-order chi connectivity index (χ1) is 11.3. The number of rotatable bonds is 3. The van der Waals surface area contributed by atoms with Gasteiger partial charge in [0, 0.05) is 37.0 Å². The topological polar surface area (TPSA) is 72.1 Å². The quantitative estimate of drug-likeness (QED) is 0.814. The van der Waals surface area contributed by atoms with Gasteiger partial charge in [0.1, 0.15) is 0 Å². The summed E-state index contributed by atoms with van der Waals surface area (Å²) < 4.78 is 5.37. The molecular weight excluding hydrogens is 292 g/mol. The van der Waals surface area contributed by atoms with E-state index in [2.05, 4.69) is 27.3 Å². The van der Waals surface area contributed by atoms with E-state index in [9.17, 15) is 4.79 Å². The predicted octanol–water partition coefficient (Wildman–Crippen LogP) is 2.41. The van der Waals surface area contributed by atoms with Crippen molar-refractivity contribution in [3.8, 4) is 11.4 Å². The Hall–Kier alpha value is -2.50. The molecule has 23 heavy (non-hydrogen) atoms. The summed E-state index contributed by atoms with van der Waals surface area (Å²) in [5.41, 5.74) is 0.885. The maximum absolute atomic E-state index is 12.4. The number of amides is 1. The number of hydrogen-bond donors (Lipinski definition) is 0. The molecule has 6 heteroatoms. The third kappa shape index (κ3) is 2.76. The molecule has 2 aromatic rings. The van der Waals surface area contributed by atoms with Crippen molar-refractivity contribution in [3.05, 3.63) is 42.6 Å². The Balaban J connectivity index is 1.38. The summed E-state index contributed by atoms with van der Waals surface area (Å²) >= 11 is 0. The minimum atomic E-state index is 0.149. The van der Waals surface area contributed by atoms with Crippen LogP contribution in [0.3, 0.4) is 0 Å². The predicted molar refractivity (Wildman–Crippen MR) is 83.3 cm³/mol. The summed E-state index contributed by atoms with van der Waals surface area (Å²) in [6, 6.07) is 3.70. The number of allylic oxidation sites excluding steroid dienone is 2. The monoisotopic (exact) mass is 310 g/mol. The Morgan fingerprint density at radius 2 is 2.04 bits per heavy atom. The zero-order chi connectivity index (χ0) is 15.6. The number of carbonyl (C=O) groups excluding carboxylic acids is 1. The number of hydrogen-bond acceptors (Lipinski definition) is 5. The molecule has 0 spiro atoms. The lowest BCUT2D eigenvalue weighted by atomic mass is 9.90. The molecule has 6 nitrogen and oxygen atoms in total. The smallest absolute Gasteiger partial charge is 0.233 e. The Kier molecular flexibility index (Phi) is 3.65. The van der Waals surface area contributed by atoms with Gasteiger partial charge in [-0.15, -0.1) is 0 Å². The van der Waals surface area contributed by atoms with Crippen LogP contribution in [0.15, 0.2) is 41.2 Å². The summed E-state index contributed by atoms with van der Waals surface area (Å²) in [5.74, 6) is 1.76. The average Bonchev–Trinajstić information content (AvgIpc) is 3.05. The van der Waals surface area contributed by atoms with Crippen molar-refractivity contribution in [2.45, 2.75) is 25.2 Å². The lowest BCUT2D eigenvalue weighted by Crippen LogP contribution is -2.50. The van der Waals surface area contributed by atoms with Crippen molar-refractivity contribution < 1.29 is 9.32 Å². The van der Waals surface area contributed by atoms with Crippen molar-refractivity contribution in [2.75, 3.05) is 13.1 Å². The van der Waals surface area contributed by atoms with Gasteiger partial charge in [0.2, 0.25) is 17.6 Å². The summed E-state index contributed by atoms with van der Waals surface area (Å²) in [6.07, 6.45) is 10.5. The number of carbonyl (C=O) groups is 1. The van der Waals surface area contributed by atoms with Crippen LogP contribution in [0.25, 0.3) is 11.4 Å². The minimum Gasteiger partial charge on any atom is -0.341 e. The van der Waals surface area contributed by atoms with Crippen LogP contribution in [-0.4, -0.2) is 39.0 Å². The average molecular weight is 310 g/mol. The van der Waals surface area contributed by atoms with E-state index in [1.54, 1.807) is 12.4 Å². The van der Waals surface area contributed by atoms with Crippen molar-refractivity contribution in [1.82, 2.24) is 20.0 Å². The second kappa shape index (κ2) is 5.95. The molecule has 3 heterocycles. The van der Waals surface area contributed by atoms with Crippen molar-refractivity contribution in [2.24, 2.45) is 5.92 Å². The molecule has 2 aromatic heterocycles. The highest BCUT2D eigenvalue weighted by Crippen LogP contribution is 2.30. The van der Waals surface area contributed by atoms with E-state index in [4.69, 9.17) is 4.52 Å². The van der Waals surface area contributed by atoms with Crippen molar-refractivity contribution in [3.63, 3.8) is 0 Å². The molecule has 4 rings (SSSR count). The third-order valence-corrected chi connectivity index (χ3v) is 4.54. The van der Waals surface area contributed by atoms with Gasteiger partial charge in [-0.1, -0.05) is 17.3 Å². The molecule has 1 aliphatic carbocycles. The summed E-state index contributed by atoms with van der Waals surface area (Å²) in [6.45, 7) is 1.36. The van der Waals surface area contributed by atoms with Crippen LogP contribution in [0.1, 0.15) is 31.1 Å². The fourth-order valence-electron chi connectivity index (χ4n) is 3.11. The Bertz CT molecular complexity index is 719. The van der Waals surface area contributed by atoms with Crippen LogP contribution in [-0.2, 0) is 4.79 Å². The molecule has 2 aliphatic rings. The van der Waals surface area contributed by atoms with Gasteiger partial charge < -0.3 is 9.42 Å². The molecule has 1 fully saturated rings. The number of aromatic nitrogens is 3. The first-order valence-corrected chi connectivity index (χ1v) is 7.99. The fraction of sp³-hybridized carbons (Fsp3) is 0.412. The zero-order valence-corrected chi connectivity index (χ0v) is 12.8. The minimum absolute atomic E-state index is 0.149. The number of likely N-dealkylation sites (tertiary alicyclic amines) is 1. The van der Waals surface area contributed by atoms with Crippen LogP contribution in [0, 0.1) is 5.92 Å². The van der Waals surface area contributed by atoms with Crippen molar-refractivity contribution >= 4 is 5.91 Å². The van der Waals surface area contributed by atoms with Crippen LogP contribution >= 0.6 is 0 Å². The van der Waals surface area contributed by atoms with Gasteiger partial charge in [-0.05, 0) is 31.4 Å². The lowest BCUT2D eigenvalue weighted by molar-refractivity contribution is -0.140. The molecule has 1 unspecified atom stereocenters. The van der Waals surface area contributed by atoms with Crippen LogP contribution in [0.2, 0.25) is 0 Å². The van der Waals surface area contributed by atoms with Gasteiger partial charge in [0.25, 0.3) is 0 Å². The first-order valence-electron chi connectivity index (χ1n) is 7.99. The number of nitrogens with zero attached hydrogens (tertiary/aromatic N) is 4. The Labute approximate surface area is 134 Å². The van der Waals surface area contributed by atoms with Gasteiger partial charge in [-0.25, -0.2) is 0 Å². The molecule has 0 aromatic carbocycles. The maximum atomic E-state index is 12.4. The molecule has 1 atom stereocenters. The Morgan fingerprint density at radius 1 is 1.22 bits per heavy atom. The highest BCUT2D eigenvalue weighted by molar-refractivity contribution is 5.80. The SMILES string of the molecule is O=C(C1CC=CCC1)N1CC(c2nc(-c3ccncc3)no2)C1. The van der Waals surface area contributed by atoms with Gasteiger partial charge in [0.05, 0.1) is 5.92 Å². The van der Waals surface area contributed by atoms with Gasteiger partial charge in [-0.3, -0.25) is 9.78 Å². The second-order valence-electron chi connectivity index (χ2n) is 6.11. The van der Waals surface area contributed by atoms with E-state index in [0.717, 1.165) is 24.8 Å². The zero-order valence-electron chi connectivity index (χ0n) is 12.8. The molecule has 0 saturated carbocycles. The van der Waals surface area contributed by atoms with E-state index >= 15 is 0 Å². The van der Waals surface area contributed by atoms with Crippen LogP contribution < -0.4 is 0 Å². The summed E-state index contributed by atoms with van der Waals surface area (Å²) in [7, 11) is 0. The second-order valence-corrected chi connectivity index (χ2v) is 6.11. The first kappa shape index (κ1) is 14.1. The van der Waals surface area contributed by atoms with E-state index in [0.29, 0.717) is 24.8 Å². The van der Waals surface area contributed by atoms with E-state index in [1.165, 1.54) is 0 Å². The fourth-order valence-corrected chi connectivity index (χ4v) is 3.11. The van der Waals surface area contributed by atoms with Gasteiger partial charge in [0.15, 0.2) is 0 Å². The van der Waals surface area contributed by atoms with Gasteiger partial charge >= 0.3 is 0 Å². The van der Waals surface area contributed by atoms with Crippen LogP contribution in [0.4, 0.5) is 0 Å². The summed E-state index contributed by atoms with van der Waals surface area (Å²) in [5, 5.41) is 4.02. The largest absolute Gasteiger partial charge is 0.341 e. The maximum Gasteiger partial charge on any atom is 0.233 e. The highest BCUT2D eigenvalue weighted by atomic mass is 16.5. The molecule has 1 saturated heterocycles. The molecule has 0 N–H and O–H groups in total. The third-order valence-electron chi connectivity index (χ3n) is 4.54. The molecule has 1 amide bonds. The van der Waals surface area contributed by atoms with Crippen molar-refractivity contribution in [1.29, 1.82) is 0 Å². The summed E-state index contributed by atoms with van der Waals surface area (Å²) in [4.78, 5) is 22.7. The normalized spacial score (nSPS) is 21.2. The molecule has 118 valence electrons. The van der Waals surface area contributed by atoms with E-state index in [-0.39, 0.29) is 17.7 Å². The Morgan fingerprint density at radius 3 is 2.78 bits per heavy atom. The molecule has 0 radical (unpaired) electrons. The standard InChI is InChI=1S/C17H18N4O2/c22-17(13-4-2-1-3-5-13)21-10-14(11-21)16-19-15(20-23-16)12-6-8-18-9-7-12/h1-2,6-9,13-14H,3-5,10-11H2. The van der Waals surface area contributed by atoms with Gasteiger partial charge in [-0.2, -0.15) is 4.98 Å². The molecular formula is C17H18N4O2. The van der Waals surface area contributed by atoms with E-state index in [1.807, 2.05) is 17.0 Å². The molecule has 0 bridgehead atoms. The lowest BCUT2D eigenvalue weighted by Gasteiger charge is -2.39. The van der Waals surface area contributed by atoms with Crippen LogP contribution in [0.5, 0.6) is 0 Å². The highest BCUT2D eigenvalue weighted by Gasteiger charge is 2.38.